The maximum atomic E-state index is 13.7. The van der Waals surface area contributed by atoms with Gasteiger partial charge < -0.3 is 11.1 Å². The number of hydrogen-bond acceptors (Lipinski definition) is 4. The number of nitrogens with two attached hydrogens (primary N) is 1. The molecule has 0 aliphatic carbocycles. The lowest BCUT2D eigenvalue weighted by molar-refractivity contribution is 0.100. The quantitative estimate of drug-likeness (QED) is 0.434. The second kappa shape index (κ2) is 9.23. The summed E-state index contributed by atoms with van der Waals surface area (Å²) in [6.07, 6.45) is 0.921. The maximum Gasteiger partial charge on any atom is 0.249 e. The van der Waals surface area contributed by atoms with Gasteiger partial charge in [0, 0.05) is 48.4 Å². The van der Waals surface area contributed by atoms with E-state index in [0.29, 0.717) is 12.1 Å². The SMILES string of the molecule is Cc1nc2ccccc2c(NCCN2CCc3ccc(F)cc3C2)c1-c1ccccc1C(N)=O. The molecule has 1 aliphatic heterocycles. The minimum Gasteiger partial charge on any atom is -0.383 e. The summed E-state index contributed by atoms with van der Waals surface area (Å²) in [5, 5.41) is 4.63. The van der Waals surface area contributed by atoms with Crippen molar-refractivity contribution in [3.63, 3.8) is 0 Å². The van der Waals surface area contributed by atoms with Crippen LogP contribution < -0.4 is 11.1 Å². The van der Waals surface area contributed by atoms with Gasteiger partial charge in [0.15, 0.2) is 0 Å². The summed E-state index contributed by atoms with van der Waals surface area (Å²) in [7, 11) is 0. The molecule has 3 N–H and O–H groups in total. The molecular weight excluding hydrogens is 427 g/mol. The van der Waals surface area contributed by atoms with Gasteiger partial charge >= 0.3 is 0 Å². The van der Waals surface area contributed by atoms with E-state index in [1.807, 2.05) is 55.5 Å². The number of hydrogen-bond donors (Lipinski definition) is 2. The molecule has 34 heavy (non-hydrogen) atoms. The minimum absolute atomic E-state index is 0.185. The Labute approximate surface area is 198 Å². The second-order valence-electron chi connectivity index (χ2n) is 8.74. The average molecular weight is 455 g/mol. The molecule has 0 radical (unpaired) electrons. The molecule has 2 heterocycles. The third kappa shape index (κ3) is 4.24. The Bertz CT molecular complexity index is 1380. The lowest BCUT2D eigenvalue weighted by atomic mass is 9.94. The number of aromatic nitrogens is 1. The van der Waals surface area contributed by atoms with E-state index in [0.717, 1.165) is 65.0 Å². The van der Waals surface area contributed by atoms with Crippen LogP contribution in [-0.4, -0.2) is 35.4 Å². The number of nitrogens with zero attached hydrogens (tertiary/aromatic N) is 2. The van der Waals surface area contributed by atoms with Crippen LogP contribution in [-0.2, 0) is 13.0 Å². The summed E-state index contributed by atoms with van der Waals surface area (Å²) in [5.41, 5.74) is 12.8. The first kappa shape index (κ1) is 22.0. The highest BCUT2D eigenvalue weighted by Gasteiger charge is 2.20. The van der Waals surface area contributed by atoms with Crippen LogP contribution >= 0.6 is 0 Å². The summed E-state index contributed by atoms with van der Waals surface area (Å²) >= 11 is 0. The topological polar surface area (TPSA) is 71.2 Å². The highest BCUT2D eigenvalue weighted by Crippen LogP contribution is 2.37. The first-order chi connectivity index (χ1) is 16.5. The Balaban J connectivity index is 1.46. The summed E-state index contributed by atoms with van der Waals surface area (Å²) in [6.45, 7) is 5.14. The minimum atomic E-state index is -0.465. The van der Waals surface area contributed by atoms with Gasteiger partial charge in [0.25, 0.3) is 0 Å². The Kier molecular flexibility index (Phi) is 5.99. The van der Waals surface area contributed by atoms with E-state index >= 15 is 0 Å². The normalized spacial score (nSPS) is 13.6. The van der Waals surface area contributed by atoms with E-state index in [-0.39, 0.29) is 5.82 Å². The van der Waals surface area contributed by atoms with E-state index in [2.05, 4.69) is 10.2 Å². The standard InChI is InChI=1S/C28H27FN4O/c1-18-26(22-6-2-3-7-23(22)28(30)34)27(24-8-4-5-9-25(24)32-18)31-13-15-33-14-12-19-10-11-21(29)16-20(19)17-33/h2-11,16H,12-15,17H2,1H3,(H2,30,34)(H,31,32). The lowest BCUT2D eigenvalue weighted by Crippen LogP contribution is -2.34. The summed E-state index contributed by atoms with van der Waals surface area (Å²) < 4.78 is 13.7. The zero-order valence-corrected chi connectivity index (χ0v) is 19.1. The molecular formula is C28H27FN4O. The molecule has 0 bridgehead atoms. The van der Waals surface area contributed by atoms with Gasteiger partial charge in [-0.1, -0.05) is 42.5 Å². The summed E-state index contributed by atoms with van der Waals surface area (Å²) in [6, 6.07) is 20.5. The van der Waals surface area contributed by atoms with E-state index in [4.69, 9.17) is 10.7 Å². The predicted molar refractivity (Wildman–Crippen MR) is 134 cm³/mol. The van der Waals surface area contributed by atoms with Gasteiger partial charge in [-0.3, -0.25) is 14.7 Å². The number of aryl methyl sites for hydroxylation is 1. The van der Waals surface area contributed by atoms with E-state index in [1.165, 1.54) is 5.56 Å². The molecule has 172 valence electrons. The van der Waals surface area contributed by atoms with Crippen molar-refractivity contribution in [1.82, 2.24) is 9.88 Å². The van der Waals surface area contributed by atoms with Gasteiger partial charge in [-0.2, -0.15) is 0 Å². The number of pyridine rings is 1. The van der Waals surface area contributed by atoms with Gasteiger partial charge in [-0.25, -0.2) is 4.39 Å². The molecule has 0 saturated carbocycles. The molecule has 6 heteroatoms. The highest BCUT2D eigenvalue weighted by molar-refractivity contribution is 6.06. The van der Waals surface area contributed by atoms with E-state index < -0.39 is 5.91 Å². The molecule has 5 nitrogen and oxygen atoms in total. The van der Waals surface area contributed by atoms with E-state index in [1.54, 1.807) is 18.2 Å². The molecule has 0 spiro atoms. The Hall–Kier alpha value is -3.77. The number of nitrogens with one attached hydrogen (secondary N) is 1. The molecule has 5 rings (SSSR count). The number of fused-ring (bicyclic) bond motifs is 2. The largest absolute Gasteiger partial charge is 0.383 e. The highest BCUT2D eigenvalue weighted by atomic mass is 19.1. The second-order valence-corrected chi connectivity index (χ2v) is 8.74. The zero-order chi connectivity index (χ0) is 23.7. The van der Waals surface area contributed by atoms with Crippen LogP contribution in [0.2, 0.25) is 0 Å². The smallest absolute Gasteiger partial charge is 0.249 e. The molecule has 1 aromatic heterocycles. The number of anilines is 1. The van der Waals surface area contributed by atoms with Crippen LogP contribution in [0.1, 0.15) is 27.2 Å². The van der Waals surface area contributed by atoms with Crippen LogP contribution in [0, 0.1) is 12.7 Å². The van der Waals surface area contributed by atoms with Gasteiger partial charge in [-0.05, 0) is 54.3 Å². The van der Waals surface area contributed by atoms with Crippen molar-refractivity contribution >= 4 is 22.5 Å². The molecule has 0 saturated heterocycles. The molecule has 1 aliphatic rings. The molecule has 0 fully saturated rings. The number of amides is 1. The van der Waals surface area contributed by atoms with Gasteiger partial charge in [0.2, 0.25) is 5.91 Å². The molecule has 0 unspecified atom stereocenters. The first-order valence-electron chi connectivity index (χ1n) is 11.5. The fourth-order valence-corrected chi connectivity index (χ4v) is 4.88. The first-order valence-corrected chi connectivity index (χ1v) is 11.5. The van der Waals surface area contributed by atoms with Crippen molar-refractivity contribution in [2.45, 2.75) is 19.9 Å². The number of primary amides is 1. The van der Waals surface area contributed by atoms with Crippen molar-refractivity contribution in [2.24, 2.45) is 5.73 Å². The number of halogens is 1. The third-order valence-corrected chi connectivity index (χ3v) is 6.52. The van der Waals surface area contributed by atoms with Crippen LogP contribution in [0.25, 0.3) is 22.0 Å². The number of benzene rings is 3. The lowest BCUT2D eigenvalue weighted by Gasteiger charge is -2.29. The maximum absolute atomic E-state index is 13.7. The van der Waals surface area contributed by atoms with E-state index in [9.17, 15) is 9.18 Å². The molecule has 0 atom stereocenters. The molecule has 4 aromatic rings. The van der Waals surface area contributed by atoms with Gasteiger partial charge in [0.05, 0.1) is 11.2 Å². The Morgan fingerprint density at radius 3 is 2.74 bits per heavy atom. The van der Waals surface area contributed by atoms with Crippen LogP contribution in [0.3, 0.4) is 0 Å². The molecule has 1 amide bonds. The van der Waals surface area contributed by atoms with Crippen LogP contribution in [0.4, 0.5) is 10.1 Å². The number of carbonyl (C=O) groups excluding carboxylic acids is 1. The van der Waals surface area contributed by atoms with Crippen molar-refractivity contribution < 1.29 is 9.18 Å². The summed E-state index contributed by atoms with van der Waals surface area (Å²) in [4.78, 5) is 19.3. The van der Waals surface area contributed by atoms with Crippen LogP contribution in [0.5, 0.6) is 0 Å². The Morgan fingerprint density at radius 1 is 1.09 bits per heavy atom. The van der Waals surface area contributed by atoms with Crippen LogP contribution in [0.15, 0.2) is 66.7 Å². The van der Waals surface area contributed by atoms with Gasteiger partial charge in [-0.15, -0.1) is 0 Å². The fraction of sp³-hybridized carbons (Fsp3) is 0.214. The average Bonchev–Trinajstić information content (AvgIpc) is 2.83. The number of para-hydroxylation sites is 1. The van der Waals surface area contributed by atoms with Crippen molar-refractivity contribution in [3.05, 3.63) is 94.9 Å². The van der Waals surface area contributed by atoms with Crippen molar-refractivity contribution in [1.29, 1.82) is 0 Å². The van der Waals surface area contributed by atoms with Gasteiger partial charge in [0.1, 0.15) is 5.82 Å². The number of carbonyl (C=O) groups is 1. The predicted octanol–water partition coefficient (Wildman–Crippen LogP) is 4.92. The summed E-state index contributed by atoms with van der Waals surface area (Å²) in [5.74, 6) is -0.650. The van der Waals surface area contributed by atoms with Crippen molar-refractivity contribution in [2.75, 3.05) is 25.0 Å². The monoisotopic (exact) mass is 454 g/mol. The Morgan fingerprint density at radius 2 is 1.88 bits per heavy atom. The zero-order valence-electron chi connectivity index (χ0n) is 19.1. The fourth-order valence-electron chi connectivity index (χ4n) is 4.88. The third-order valence-electron chi connectivity index (χ3n) is 6.52. The van der Waals surface area contributed by atoms with Crippen molar-refractivity contribution in [3.8, 4) is 11.1 Å². The number of rotatable bonds is 6. The molecule has 3 aromatic carbocycles.